The standard InChI is InChI=1S/C20H20N2O6/c1-4-27-17-10-12(6-8-16(17)28-11-18(23)25-2)19-21-14-7-5-13(20(24)26-3)9-15(14)22-19/h5-10H,4,11H2,1-3H3,(H,21,22). The molecule has 3 rings (SSSR count). The van der Waals surface area contributed by atoms with Crippen LogP contribution in [0.4, 0.5) is 0 Å². The first-order chi connectivity index (χ1) is 13.5. The second kappa shape index (κ2) is 8.43. The quantitative estimate of drug-likeness (QED) is 0.625. The predicted octanol–water partition coefficient (Wildman–Crippen LogP) is 2.97. The van der Waals surface area contributed by atoms with Crippen LogP contribution in [0.1, 0.15) is 17.3 Å². The lowest BCUT2D eigenvalue weighted by Gasteiger charge is -2.12. The van der Waals surface area contributed by atoms with Gasteiger partial charge in [-0.3, -0.25) is 0 Å². The highest BCUT2D eigenvalue weighted by atomic mass is 16.6. The van der Waals surface area contributed by atoms with Crippen LogP contribution in [0.5, 0.6) is 11.5 Å². The predicted molar refractivity (Wildman–Crippen MR) is 102 cm³/mol. The van der Waals surface area contributed by atoms with Crippen LogP contribution >= 0.6 is 0 Å². The summed E-state index contributed by atoms with van der Waals surface area (Å²) in [5.41, 5.74) is 2.63. The third-order valence-corrected chi connectivity index (χ3v) is 3.99. The van der Waals surface area contributed by atoms with E-state index in [0.717, 1.165) is 5.56 Å². The Morgan fingerprint density at radius 2 is 1.82 bits per heavy atom. The summed E-state index contributed by atoms with van der Waals surface area (Å²) in [5.74, 6) is 0.631. The fourth-order valence-electron chi connectivity index (χ4n) is 2.63. The summed E-state index contributed by atoms with van der Waals surface area (Å²) in [6, 6.07) is 10.4. The van der Waals surface area contributed by atoms with Gasteiger partial charge in [-0.25, -0.2) is 14.6 Å². The van der Waals surface area contributed by atoms with Crippen LogP contribution in [-0.2, 0) is 14.3 Å². The molecule has 1 aromatic heterocycles. The number of carbonyl (C=O) groups excluding carboxylic acids is 2. The number of hydrogen-bond donors (Lipinski definition) is 1. The van der Waals surface area contributed by atoms with Crippen molar-refractivity contribution in [3.05, 3.63) is 42.0 Å². The molecule has 8 heteroatoms. The molecule has 1 N–H and O–H groups in total. The van der Waals surface area contributed by atoms with Crippen LogP contribution in [0.3, 0.4) is 0 Å². The maximum Gasteiger partial charge on any atom is 0.343 e. The van der Waals surface area contributed by atoms with Crippen LogP contribution in [0.25, 0.3) is 22.4 Å². The third-order valence-electron chi connectivity index (χ3n) is 3.99. The third kappa shape index (κ3) is 4.06. The van der Waals surface area contributed by atoms with Crippen LogP contribution < -0.4 is 9.47 Å². The van der Waals surface area contributed by atoms with E-state index in [2.05, 4.69) is 14.7 Å². The van der Waals surface area contributed by atoms with Crippen LogP contribution in [0, 0.1) is 0 Å². The number of nitrogens with one attached hydrogen (secondary N) is 1. The summed E-state index contributed by atoms with van der Waals surface area (Å²) in [6.07, 6.45) is 0. The fraction of sp³-hybridized carbons (Fsp3) is 0.250. The second-order valence-corrected chi connectivity index (χ2v) is 5.77. The zero-order valence-corrected chi connectivity index (χ0v) is 15.8. The van der Waals surface area contributed by atoms with Crippen molar-refractivity contribution in [1.82, 2.24) is 9.97 Å². The lowest BCUT2D eigenvalue weighted by Crippen LogP contribution is -2.13. The van der Waals surface area contributed by atoms with E-state index in [9.17, 15) is 9.59 Å². The zero-order valence-electron chi connectivity index (χ0n) is 15.8. The summed E-state index contributed by atoms with van der Waals surface area (Å²) in [7, 11) is 2.63. The van der Waals surface area contributed by atoms with E-state index >= 15 is 0 Å². The smallest absolute Gasteiger partial charge is 0.343 e. The van der Waals surface area contributed by atoms with E-state index in [1.165, 1.54) is 14.2 Å². The normalized spacial score (nSPS) is 10.5. The molecule has 0 amide bonds. The van der Waals surface area contributed by atoms with Crippen LogP contribution in [0.2, 0.25) is 0 Å². The summed E-state index contributed by atoms with van der Waals surface area (Å²) in [6.45, 7) is 2.07. The molecule has 3 aromatic rings. The average molecular weight is 384 g/mol. The fourth-order valence-corrected chi connectivity index (χ4v) is 2.63. The molecule has 0 spiro atoms. The molecular weight excluding hydrogens is 364 g/mol. The summed E-state index contributed by atoms with van der Waals surface area (Å²) < 4.78 is 20.4. The van der Waals surface area contributed by atoms with Crippen molar-refractivity contribution < 1.29 is 28.5 Å². The molecule has 0 radical (unpaired) electrons. The number of ether oxygens (including phenoxy) is 4. The van der Waals surface area contributed by atoms with E-state index in [0.29, 0.717) is 40.5 Å². The number of imidazole rings is 1. The van der Waals surface area contributed by atoms with Gasteiger partial charge >= 0.3 is 11.9 Å². The summed E-state index contributed by atoms with van der Waals surface area (Å²) in [4.78, 5) is 30.7. The minimum Gasteiger partial charge on any atom is -0.490 e. The Morgan fingerprint density at radius 1 is 1.00 bits per heavy atom. The molecule has 28 heavy (non-hydrogen) atoms. The van der Waals surface area contributed by atoms with Crippen molar-refractivity contribution in [2.75, 3.05) is 27.4 Å². The first kappa shape index (κ1) is 19.2. The van der Waals surface area contributed by atoms with Crippen molar-refractivity contribution in [3.63, 3.8) is 0 Å². The number of hydrogen-bond acceptors (Lipinski definition) is 7. The van der Waals surface area contributed by atoms with Gasteiger partial charge < -0.3 is 23.9 Å². The Balaban J connectivity index is 1.92. The van der Waals surface area contributed by atoms with Gasteiger partial charge in [0.1, 0.15) is 5.82 Å². The molecule has 0 aliphatic heterocycles. The molecule has 0 fully saturated rings. The molecule has 1 heterocycles. The van der Waals surface area contributed by atoms with Crippen LogP contribution in [-0.4, -0.2) is 49.3 Å². The minimum atomic E-state index is -0.481. The van der Waals surface area contributed by atoms with Crippen molar-refractivity contribution in [1.29, 1.82) is 0 Å². The Kier molecular flexibility index (Phi) is 5.78. The number of nitrogens with zero attached hydrogens (tertiary/aromatic N) is 1. The summed E-state index contributed by atoms with van der Waals surface area (Å²) >= 11 is 0. The van der Waals surface area contributed by atoms with E-state index in [4.69, 9.17) is 14.2 Å². The number of esters is 2. The first-order valence-corrected chi connectivity index (χ1v) is 8.60. The molecule has 0 unspecified atom stereocenters. The maximum absolute atomic E-state index is 11.7. The van der Waals surface area contributed by atoms with Crippen LogP contribution in [0.15, 0.2) is 36.4 Å². The van der Waals surface area contributed by atoms with E-state index in [1.54, 1.807) is 36.4 Å². The number of carbonyl (C=O) groups is 2. The van der Waals surface area contributed by atoms with E-state index in [1.807, 2.05) is 6.92 Å². The van der Waals surface area contributed by atoms with Gasteiger partial charge in [-0.2, -0.15) is 0 Å². The van der Waals surface area contributed by atoms with Crippen molar-refractivity contribution >= 4 is 23.0 Å². The SMILES string of the molecule is CCOc1cc(-c2nc3ccc(C(=O)OC)cc3[nH]2)ccc1OCC(=O)OC. The molecule has 146 valence electrons. The van der Waals surface area contributed by atoms with Crippen molar-refractivity contribution in [3.8, 4) is 22.9 Å². The van der Waals surface area contributed by atoms with Gasteiger partial charge in [0.25, 0.3) is 0 Å². The lowest BCUT2D eigenvalue weighted by molar-refractivity contribution is -0.142. The van der Waals surface area contributed by atoms with Crippen molar-refractivity contribution in [2.45, 2.75) is 6.92 Å². The molecular formula is C20H20N2O6. The van der Waals surface area contributed by atoms with E-state index < -0.39 is 11.9 Å². The molecule has 0 bridgehead atoms. The highest BCUT2D eigenvalue weighted by Crippen LogP contribution is 2.32. The highest BCUT2D eigenvalue weighted by Gasteiger charge is 2.14. The van der Waals surface area contributed by atoms with Gasteiger partial charge in [0.2, 0.25) is 0 Å². The van der Waals surface area contributed by atoms with E-state index in [-0.39, 0.29) is 6.61 Å². The number of H-pyrrole nitrogens is 1. The van der Waals surface area contributed by atoms with Gasteiger partial charge in [0.15, 0.2) is 18.1 Å². The molecule has 2 aromatic carbocycles. The molecule has 0 atom stereocenters. The van der Waals surface area contributed by atoms with Gasteiger partial charge in [-0.1, -0.05) is 0 Å². The largest absolute Gasteiger partial charge is 0.490 e. The monoisotopic (exact) mass is 384 g/mol. The second-order valence-electron chi connectivity index (χ2n) is 5.77. The Hall–Kier alpha value is -3.55. The number of aromatic amines is 1. The number of fused-ring (bicyclic) bond motifs is 1. The Morgan fingerprint density at radius 3 is 2.54 bits per heavy atom. The zero-order chi connectivity index (χ0) is 20.1. The van der Waals surface area contributed by atoms with Crippen molar-refractivity contribution in [2.24, 2.45) is 0 Å². The van der Waals surface area contributed by atoms with Gasteiger partial charge in [0, 0.05) is 5.56 Å². The average Bonchev–Trinajstić information content (AvgIpc) is 3.15. The molecule has 0 saturated heterocycles. The Labute approximate surface area is 161 Å². The number of aromatic nitrogens is 2. The molecule has 0 aliphatic rings. The topological polar surface area (TPSA) is 99.7 Å². The highest BCUT2D eigenvalue weighted by molar-refractivity contribution is 5.94. The molecule has 0 saturated carbocycles. The number of benzene rings is 2. The Bertz CT molecular complexity index is 1010. The van der Waals surface area contributed by atoms with Gasteiger partial charge in [0.05, 0.1) is 37.4 Å². The summed E-state index contributed by atoms with van der Waals surface area (Å²) in [5, 5.41) is 0. The van der Waals surface area contributed by atoms with Gasteiger partial charge in [-0.15, -0.1) is 0 Å². The lowest BCUT2D eigenvalue weighted by atomic mass is 10.2. The number of methoxy groups -OCH3 is 2. The maximum atomic E-state index is 11.7. The number of rotatable bonds is 7. The minimum absolute atomic E-state index is 0.211. The molecule has 8 nitrogen and oxygen atoms in total. The first-order valence-electron chi connectivity index (χ1n) is 8.60. The molecule has 0 aliphatic carbocycles. The van der Waals surface area contributed by atoms with Gasteiger partial charge in [-0.05, 0) is 43.3 Å².